The van der Waals surface area contributed by atoms with E-state index in [1.54, 1.807) is 0 Å². The minimum absolute atomic E-state index is 0.0885. The first-order valence-corrected chi connectivity index (χ1v) is 11.4. The van der Waals surface area contributed by atoms with Gasteiger partial charge in [-0.1, -0.05) is 74.5 Å². The molecule has 4 rings (SSSR count). The van der Waals surface area contributed by atoms with Gasteiger partial charge in [0, 0.05) is 62.3 Å². The molecule has 0 amide bonds. The molecule has 2 fully saturated rings. The SMILES string of the molecule is CC12CN(Cc3ccccc3)CC(C)(CN(Cc3ccccc3)C1)C2O.O=C(O)/C=C/C(=O)O. The second kappa shape index (κ2) is 11.0. The second-order valence-corrected chi connectivity index (χ2v) is 9.98. The standard InChI is InChI=1S/C23H30N2O.C4H4O4/c1-22-15-24(13-19-9-5-3-6-10-19)17-23(2,21(22)26)18-25(16-22)14-20-11-7-4-8-12-20;5-3(6)1-2-4(7)8/h3-12,21,26H,13-18H2,1-2H3;1-2H,(H,5,6)(H,7,8)/b;2-1+. The molecule has 2 heterocycles. The van der Waals surface area contributed by atoms with Gasteiger partial charge in [0.2, 0.25) is 0 Å². The van der Waals surface area contributed by atoms with Crippen LogP contribution in [-0.2, 0) is 22.7 Å². The van der Waals surface area contributed by atoms with Crippen LogP contribution in [0.3, 0.4) is 0 Å². The van der Waals surface area contributed by atoms with Gasteiger partial charge in [0.15, 0.2) is 0 Å². The Balaban J connectivity index is 0.000000350. The van der Waals surface area contributed by atoms with E-state index in [-0.39, 0.29) is 16.9 Å². The molecular formula is C27H34N2O5. The Hall–Kier alpha value is -3.00. The number of carboxylic acid groups (broad SMARTS) is 2. The van der Waals surface area contributed by atoms with Gasteiger partial charge in [-0.25, -0.2) is 9.59 Å². The summed E-state index contributed by atoms with van der Waals surface area (Å²) in [4.78, 5) is 24.2. The normalized spacial score (nSPS) is 27.1. The number of benzene rings is 2. The van der Waals surface area contributed by atoms with Crippen LogP contribution in [-0.4, -0.2) is 69.3 Å². The fourth-order valence-corrected chi connectivity index (χ4v) is 5.49. The molecule has 0 unspecified atom stereocenters. The third kappa shape index (κ3) is 6.76. The molecule has 182 valence electrons. The second-order valence-electron chi connectivity index (χ2n) is 9.98. The molecule has 0 spiro atoms. The van der Waals surface area contributed by atoms with E-state index in [4.69, 9.17) is 10.2 Å². The summed E-state index contributed by atoms with van der Waals surface area (Å²) in [5.74, 6) is -2.51. The van der Waals surface area contributed by atoms with E-state index in [0.29, 0.717) is 12.2 Å². The third-order valence-corrected chi connectivity index (χ3v) is 6.53. The quantitative estimate of drug-likeness (QED) is 0.563. The highest BCUT2D eigenvalue weighted by Crippen LogP contribution is 2.46. The lowest BCUT2D eigenvalue weighted by molar-refractivity contribution is -0.177. The van der Waals surface area contributed by atoms with Gasteiger partial charge in [0.05, 0.1) is 6.10 Å². The van der Waals surface area contributed by atoms with Crippen LogP contribution in [0.15, 0.2) is 72.8 Å². The molecule has 0 radical (unpaired) electrons. The maximum Gasteiger partial charge on any atom is 0.328 e. The third-order valence-electron chi connectivity index (χ3n) is 6.53. The van der Waals surface area contributed by atoms with Crippen molar-refractivity contribution < 1.29 is 24.9 Å². The van der Waals surface area contributed by atoms with Crippen LogP contribution in [0, 0.1) is 10.8 Å². The molecule has 2 aliphatic heterocycles. The Labute approximate surface area is 200 Å². The monoisotopic (exact) mass is 466 g/mol. The average molecular weight is 467 g/mol. The predicted molar refractivity (Wildman–Crippen MR) is 130 cm³/mol. The molecule has 2 bridgehead atoms. The molecule has 0 atom stereocenters. The van der Waals surface area contributed by atoms with E-state index in [1.165, 1.54) is 11.1 Å². The summed E-state index contributed by atoms with van der Waals surface area (Å²) in [5.41, 5.74) is 2.54. The molecular weight excluding hydrogens is 432 g/mol. The number of carbonyl (C=O) groups is 2. The average Bonchev–Trinajstić information content (AvgIpc) is 2.77. The number of likely N-dealkylation sites (tertiary alicyclic amines) is 2. The number of aliphatic carboxylic acids is 2. The Morgan fingerprint density at radius 1 is 0.765 bits per heavy atom. The molecule has 2 aliphatic rings. The van der Waals surface area contributed by atoms with Crippen molar-refractivity contribution in [3.8, 4) is 0 Å². The molecule has 34 heavy (non-hydrogen) atoms. The van der Waals surface area contributed by atoms with Crippen molar-refractivity contribution in [3.05, 3.63) is 83.9 Å². The summed E-state index contributed by atoms with van der Waals surface area (Å²) in [7, 11) is 0. The van der Waals surface area contributed by atoms with E-state index >= 15 is 0 Å². The number of hydrogen-bond acceptors (Lipinski definition) is 5. The largest absolute Gasteiger partial charge is 0.478 e. The fraction of sp³-hybridized carbons (Fsp3) is 0.407. The summed E-state index contributed by atoms with van der Waals surface area (Å²) < 4.78 is 0. The summed E-state index contributed by atoms with van der Waals surface area (Å²) in [6, 6.07) is 21.4. The number of fused-ring (bicyclic) bond motifs is 2. The van der Waals surface area contributed by atoms with Crippen molar-refractivity contribution in [2.24, 2.45) is 10.8 Å². The van der Waals surface area contributed by atoms with E-state index in [9.17, 15) is 14.7 Å². The van der Waals surface area contributed by atoms with Crippen LogP contribution in [0.5, 0.6) is 0 Å². The van der Waals surface area contributed by atoms with Crippen LogP contribution >= 0.6 is 0 Å². The van der Waals surface area contributed by atoms with Crippen molar-refractivity contribution in [2.45, 2.75) is 33.0 Å². The van der Waals surface area contributed by atoms with Crippen LogP contribution in [0.4, 0.5) is 0 Å². The highest BCUT2D eigenvalue weighted by molar-refractivity contribution is 5.89. The van der Waals surface area contributed by atoms with Crippen LogP contribution < -0.4 is 0 Å². The van der Waals surface area contributed by atoms with Gasteiger partial charge in [-0.2, -0.15) is 0 Å². The topological polar surface area (TPSA) is 101 Å². The van der Waals surface area contributed by atoms with E-state index in [2.05, 4.69) is 84.3 Å². The van der Waals surface area contributed by atoms with Crippen LogP contribution in [0.25, 0.3) is 0 Å². The van der Waals surface area contributed by atoms with Crippen LogP contribution in [0.1, 0.15) is 25.0 Å². The molecule has 2 aromatic carbocycles. The summed E-state index contributed by atoms with van der Waals surface area (Å²) in [5, 5.41) is 26.7. The van der Waals surface area contributed by atoms with Gasteiger partial charge < -0.3 is 15.3 Å². The van der Waals surface area contributed by atoms with Gasteiger partial charge in [0.1, 0.15) is 0 Å². The van der Waals surface area contributed by atoms with Gasteiger partial charge in [-0.3, -0.25) is 9.80 Å². The molecule has 2 saturated heterocycles. The zero-order chi connectivity index (χ0) is 24.8. The lowest BCUT2D eigenvalue weighted by atomic mass is 9.63. The van der Waals surface area contributed by atoms with E-state index in [0.717, 1.165) is 39.3 Å². The number of nitrogens with zero attached hydrogens (tertiary/aromatic N) is 2. The van der Waals surface area contributed by atoms with Gasteiger partial charge in [0.25, 0.3) is 0 Å². The number of hydrogen-bond donors (Lipinski definition) is 3. The Kier molecular flexibility index (Phi) is 8.25. The van der Waals surface area contributed by atoms with Gasteiger partial charge in [-0.15, -0.1) is 0 Å². The Bertz CT molecular complexity index is 901. The molecule has 0 aromatic heterocycles. The zero-order valence-corrected chi connectivity index (χ0v) is 19.8. The van der Waals surface area contributed by atoms with Crippen molar-refractivity contribution >= 4 is 11.9 Å². The summed E-state index contributed by atoms with van der Waals surface area (Å²) >= 11 is 0. The smallest absolute Gasteiger partial charge is 0.328 e. The Morgan fingerprint density at radius 2 is 1.09 bits per heavy atom. The van der Waals surface area contributed by atoms with Crippen molar-refractivity contribution in [1.29, 1.82) is 0 Å². The first-order chi connectivity index (χ1) is 16.1. The first kappa shape index (κ1) is 25.6. The number of aliphatic hydroxyl groups excluding tert-OH is 1. The number of piperidine rings is 2. The number of rotatable bonds is 6. The molecule has 3 N–H and O–H groups in total. The minimum Gasteiger partial charge on any atom is -0.478 e. The lowest BCUT2D eigenvalue weighted by Crippen LogP contribution is -2.69. The highest BCUT2D eigenvalue weighted by Gasteiger charge is 2.55. The Morgan fingerprint density at radius 3 is 1.38 bits per heavy atom. The van der Waals surface area contributed by atoms with E-state index < -0.39 is 11.9 Å². The first-order valence-electron chi connectivity index (χ1n) is 11.4. The molecule has 0 saturated carbocycles. The molecule has 7 nitrogen and oxygen atoms in total. The molecule has 7 heteroatoms. The molecule has 2 aromatic rings. The lowest BCUT2D eigenvalue weighted by Gasteiger charge is -2.60. The minimum atomic E-state index is -1.26. The molecule has 0 aliphatic carbocycles. The van der Waals surface area contributed by atoms with E-state index in [1.807, 2.05) is 0 Å². The zero-order valence-electron chi connectivity index (χ0n) is 19.8. The maximum absolute atomic E-state index is 11.1. The van der Waals surface area contributed by atoms with Crippen molar-refractivity contribution in [1.82, 2.24) is 9.80 Å². The van der Waals surface area contributed by atoms with Crippen molar-refractivity contribution in [3.63, 3.8) is 0 Å². The summed E-state index contributed by atoms with van der Waals surface area (Å²) in [6.07, 6.45) is 0.874. The maximum atomic E-state index is 11.1. The summed E-state index contributed by atoms with van der Waals surface area (Å²) in [6.45, 7) is 10.3. The van der Waals surface area contributed by atoms with Gasteiger partial charge in [-0.05, 0) is 11.1 Å². The van der Waals surface area contributed by atoms with Crippen molar-refractivity contribution in [2.75, 3.05) is 26.2 Å². The van der Waals surface area contributed by atoms with Gasteiger partial charge >= 0.3 is 11.9 Å². The highest BCUT2D eigenvalue weighted by atomic mass is 16.4. The van der Waals surface area contributed by atoms with Crippen LogP contribution in [0.2, 0.25) is 0 Å². The number of carboxylic acids is 2. The number of aliphatic hydroxyl groups is 1. The predicted octanol–water partition coefficient (Wildman–Crippen LogP) is 3.10. The fourth-order valence-electron chi connectivity index (χ4n) is 5.49.